The second kappa shape index (κ2) is 8.37. The first-order valence-electron chi connectivity index (χ1n) is 5.49. The Morgan fingerprint density at radius 3 is 2.24 bits per heavy atom. The van der Waals surface area contributed by atoms with E-state index in [1.54, 1.807) is 0 Å². The molecule has 0 unspecified atom stereocenters. The SMILES string of the molecule is CCC[C@@H](NC(=O)NCCNC(C)=O)C(=O)O. The molecule has 0 radical (unpaired) electrons. The number of hydrogen-bond donors (Lipinski definition) is 4. The van der Waals surface area contributed by atoms with E-state index in [2.05, 4.69) is 16.0 Å². The van der Waals surface area contributed by atoms with Crippen molar-refractivity contribution >= 4 is 17.9 Å². The highest BCUT2D eigenvalue weighted by Crippen LogP contribution is 1.96. The smallest absolute Gasteiger partial charge is 0.326 e. The van der Waals surface area contributed by atoms with Gasteiger partial charge < -0.3 is 21.1 Å². The molecular formula is C10H19N3O4. The highest BCUT2D eigenvalue weighted by atomic mass is 16.4. The standard InChI is InChI=1S/C10H19N3O4/c1-3-4-8(9(15)16)13-10(17)12-6-5-11-7(2)14/h8H,3-6H2,1-2H3,(H,11,14)(H,15,16)(H2,12,13,17)/t8-/m1/s1. The molecule has 0 spiro atoms. The van der Waals surface area contributed by atoms with E-state index in [0.29, 0.717) is 19.4 Å². The molecule has 7 nitrogen and oxygen atoms in total. The van der Waals surface area contributed by atoms with Crippen molar-refractivity contribution in [1.82, 2.24) is 16.0 Å². The van der Waals surface area contributed by atoms with Crippen molar-refractivity contribution in [3.05, 3.63) is 0 Å². The molecule has 0 fully saturated rings. The molecule has 7 heteroatoms. The van der Waals surface area contributed by atoms with Crippen molar-refractivity contribution in [3.63, 3.8) is 0 Å². The van der Waals surface area contributed by atoms with Gasteiger partial charge in [0.1, 0.15) is 6.04 Å². The Bertz CT molecular complexity index is 281. The van der Waals surface area contributed by atoms with Gasteiger partial charge in [-0.1, -0.05) is 13.3 Å². The quantitative estimate of drug-likeness (QED) is 0.461. The maximum Gasteiger partial charge on any atom is 0.326 e. The lowest BCUT2D eigenvalue weighted by atomic mass is 10.2. The van der Waals surface area contributed by atoms with Gasteiger partial charge in [0.25, 0.3) is 0 Å². The maximum atomic E-state index is 11.3. The molecule has 0 rings (SSSR count). The first-order valence-corrected chi connectivity index (χ1v) is 5.49. The predicted molar refractivity (Wildman–Crippen MR) is 61.5 cm³/mol. The van der Waals surface area contributed by atoms with E-state index in [1.807, 2.05) is 6.92 Å². The van der Waals surface area contributed by atoms with Crippen molar-refractivity contribution in [2.45, 2.75) is 32.7 Å². The minimum atomic E-state index is -1.05. The summed E-state index contributed by atoms with van der Waals surface area (Å²) < 4.78 is 0. The number of amides is 3. The predicted octanol–water partition coefficient (Wildman–Crippen LogP) is -0.325. The Hall–Kier alpha value is -1.79. The molecule has 0 aromatic heterocycles. The van der Waals surface area contributed by atoms with E-state index in [-0.39, 0.29) is 12.5 Å². The topological polar surface area (TPSA) is 108 Å². The van der Waals surface area contributed by atoms with Gasteiger partial charge in [0.2, 0.25) is 5.91 Å². The highest BCUT2D eigenvalue weighted by molar-refractivity contribution is 5.82. The van der Waals surface area contributed by atoms with Gasteiger partial charge in [-0.05, 0) is 6.42 Å². The molecular weight excluding hydrogens is 226 g/mol. The fourth-order valence-corrected chi connectivity index (χ4v) is 1.17. The monoisotopic (exact) mass is 245 g/mol. The van der Waals surface area contributed by atoms with Gasteiger partial charge in [0.05, 0.1) is 0 Å². The molecule has 0 aromatic carbocycles. The van der Waals surface area contributed by atoms with Crippen LogP contribution >= 0.6 is 0 Å². The number of carbonyl (C=O) groups excluding carboxylic acids is 2. The van der Waals surface area contributed by atoms with Gasteiger partial charge in [-0.3, -0.25) is 4.79 Å². The number of hydrogen-bond acceptors (Lipinski definition) is 3. The van der Waals surface area contributed by atoms with Crippen LogP contribution in [0.3, 0.4) is 0 Å². The van der Waals surface area contributed by atoms with Crippen molar-refractivity contribution < 1.29 is 19.5 Å². The minimum Gasteiger partial charge on any atom is -0.480 e. The van der Waals surface area contributed by atoms with Crippen LogP contribution in [0.2, 0.25) is 0 Å². The third-order valence-corrected chi connectivity index (χ3v) is 1.97. The Kier molecular flexibility index (Phi) is 7.49. The van der Waals surface area contributed by atoms with Crippen LogP contribution in [0.5, 0.6) is 0 Å². The molecule has 1 atom stereocenters. The number of aliphatic carboxylic acids is 1. The first kappa shape index (κ1) is 15.2. The zero-order chi connectivity index (χ0) is 13.3. The van der Waals surface area contributed by atoms with Crippen molar-refractivity contribution in [3.8, 4) is 0 Å². The molecule has 0 saturated carbocycles. The van der Waals surface area contributed by atoms with Crippen LogP contribution in [0.4, 0.5) is 4.79 Å². The first-order chi connectivity index (χ1) is 7.97. The van der Waals surface area contributed by atoms with Gasteiger partial charge in [0, 0.05) is 20.0 Å². The molecule has 0 aliphatic heterocycles. The molecule has 0 aliphatic carbocycles. The lowest BCUT2D eigenvalue weighted by molar-refractivity contribution is -0.139. The molecule has 17 heavy (non-hydrogen) atoms. The summed E-state index contributed by atoms with van der Waals surface area (Å²) in [6.07, 6.45) is 1.05. The molecule has 4 N–H and O–H groups in total. The van der Waals surface area contributed by atoms with E-state index >= 15 is 0 Å². The number of carboxylic acid groups (broad SMARTS) is 1. The summed E-state index contributed by atoms with van der Waals surface area (Å²) in [4.78, 5) is 32.5. The third kappa shape index (κ3) is 8.06. The van der Waals surface area contributed by atoms with E-state index in [1.165, 1.54) is 6.92 Å². The van der Waals surface area contributed by atoms with Gasteiger partial charge in [-0.2, -0.15) is 0 Å². The molecule has 0 bridgehead atoms. The number of urea groups is 1. The molecule has 0 aliphatic rings. The summed E-state index contributed by atoms with van der Waals surface area (Å²) in [6, 6.07) is -1.42. The van der Waals surface area contributed by atoms with Crippen LogP contribution in [-0.2, 0) is 9.59 Å². The second-order valence-corrected chi connectivity index (χ2v) is 3.56. The Morgan fingerprint density at radius 1 is 1.18 bits per heavy atom. The molecule has 98 valence electrons. The lowest BCUT2D eigenvalue weighted by Gasteiger charge is -2.14. The van der Waals surface area contributed by atoms with Crippen molar-refractivity contribution in [1.29, 1.82) is 0 Å². The zero-order valence-corrected chi connectivity index (χ0v) is 10.1. The summed E-state index contributed by atoms with van der Waals surface area (Å²) >= 11 is 0. The highest BCUT2D eigenvalue weighted by Gasteiger charge is 2.18. The van der Waals surface area contributed by atoms with Gasteiger partial charge in [0.15, 0.2) is 0 Å². The zero-order valence-electron chi connectivity index (χ0n) is 10.1. The summed E-state index contributed by atoms with van der Waals surface area (Å²) in [5, 5.41) is 16.1. The molecule has 0 saturated heterocycles. The van der Waals surface area contributed by atoms with E-state index in [0.717, 1.165) is 0 Å². The maximum absolute atomic E-state index is 11.3. The number of rotatable bonds is 7. The number of carboxylic acids is 1. The summed E-state index contributed by atoms with van der Waals surface area (Å²) in [5.74, 6) is -1.23. The van der Waals surface area contributed by atoms with E-state index < -0.39 is 18.0 Å². The Morgan fingerprint density at radius 2 is 1.76 bits per heavy atom. The van der Waals surface area contributed by atoms with Crippen LogP contribution in [0.1, 0.15) is 26.7 Å². The van der Waals surface area contributed by atoms with Crippen LogP contribution in [-0.4, -0.2) is 42.1 Å². The Labute approximate surface area is 100.0 Å². The van der Waals surface area contributed by atoms with Gasteiger partial charge in [-0.15, -0.1) is 0 Å². The van der Waals surface area contributed by atoms with Crippen LogP contribution in [0, 0.1) is 0 Å². The molecule has 0 aromatic rings. The fourth-order valence-electron chi connectivity index (χ4n) is 1.17. The number of nitrogens with one attached hydrogen (secondary N) is 3. The second-order valence-electron chi connectivity index (χ2n) is 3.56. The largest absolute Gasteiger partial charge is 0.480 e. The summed E-state index contributed by atoms with van der Waals surface area (Å²) in [5.41, 5.74) is 0. The van der Waals surface area contributed by atoms with Crippen LogP contribution in [0.15, 0.2) is 0 Å². The van der Waals surface area contributed by atoms with E-state index in [4.69, 9.17) is 5.11 Å². The van der Waals surface area contributed by atoms with Crippen LogP contribution < -0.4 is 16.0 Å². The summed E-state index contributed by atoms with van der Waals surface area (Å²) in [7, 11) is 0. The lowest BCUT2D eigenvalue weighted by Crippen LogP contribution is -2.47. The van der Waals surface area contributed by atoms with Gasteiger partial charge >= 0.3 is 12.0 Å². The van der Waals surface area contributed by atoms with E-state index in [9.17, 15) is 14.4 Å². The molecule has 3 amide bonds. The normalized spacial score (nSPS) is 11.4. The average Bonchev–Trinajstić information content (AvgIpc) is 2.23. The third-order valence-electron chi connectivity index (χ3n) is 1.97. The van der Waals surface area contributed by atoms with Crippen molar-refractivity contribution in [2.24, 2.45) is 0 Å². The fraction of sp³-hybridized carbons (Fsp3) is 0.700. The van der Waals surface area contributed by atoms with Gasteiger partial charge in [-0.25, -0.2) is 9.59 Å². The average molecular weight is 245 g/mol. The van der Waals surface area contributed by atoms with Crippen LogP contribution in [0.25, 0.3) is 0 Å². The summed E-state index contributed by atoms with van der Waals surface area (Å²) in [6.45, 7) is 3.78. The van der Waals surface area contributed by atoms with Crippen molar-refractivity contribution in [2.75, 3.05) is 13.1 Å². The minimum absolute atomic E-state index is 0.179. The number of carbonyl (C=O) groups is 3. The Balaban J connectivity index is 3.82. The molecule has 0 heterocycles.